The first-order valence-corrected chi connectivity index (χ1v) is 21.0. The fourth-order valence-electron chi connectivity index (χ4n) is 5.31. The number of pyridine rings is 4. The number of nitrogens with one attached hydrogen (secondary N) is 2. The van der Waals surface area contributed by atoms with Crippen LogP contribution in [0.1, 0.15) is 82.3 Å². The zero-order valence-corrected chi connectivity index (χ0v) is 42.2. The maximum Gasteiger partial charge on any atom is 1.00 e. The number of nitrogens with zero attached hydrogens (tertiary/aromatic N) is 8. The fourth-order valence-corrected chi connectivity index (χ4v) is 5.51. The number of esters is 2. The minimum Gasteiger partial charge on any atom is -0.870 e. The number of carboxylic acids is 1. The molecular formula is C45H65ClLiN13O10. The number of hydrazine groups is 2. The molecule has 70 heavy (non-hydrogen) atoms. The first-order chi connectivity index (χ1) is 31.9. The Morgan fingerprint density at radius 1 is 0.700 bits per heavy atom. The third kappa shape index (κ3) is 25.8. The van der Waals surface area contributed by atoms with Crippen LogP contribution in [0.5, 0.6) is 0 Å². The number of nitrogens with two attached hydrogens (primary N) is 3. The van der Waals surface area contributed by atoms with Gasteiger partial charge in [-0.2, -0.15) is 10.2 Å². The maximum atomic E-state index is 11.8. The maximum absolute atomic E-state index is 11.8. The average molecular weight is 990 g/mol. The molecule has 0 aromatic carbocycles. The van der Waals surface area contributed by atoms with Crippen LogP contribution in [0.4, 0.5) is 5.82 Å². The summed E-state index contributed by atoms with van der Waals surface area (Å²) in [5.41, 5.74) is 10.5. The van der Waals surface area contributed by atoms with Crippen molar-refractivity contribution in [2.75, 3.05) is 32.3 Å². The van der Waals surface area contributed by atoms with Gasteiger partial charge in [0.2, 0.25) is 0 Å². The van der Waals surface area contributed by atoms with Gasteiger partial charge in [-0.25, -0.2) is 50.2 Å². The Bertz CT molecular complexity index is 2440. The van der Waals surface area contributed by atoms with E-state index in [2.05, 4.69) is 57.6 Å². The van der Waals surface area contributed by atoms with E-state index in [0.717, 1.165) is 28.5 Å². The summed E-state index contributed by atoms with van der Waals surface area (Å²) in [6.07, 6.45) is 0.176. The number of anilines is 1. The van der Waals surface area contributed by atoms with Gasteiger partial charge in [0.05, 0.1) is 37.6 Å². The summed E-state index contributed by atoms with van der Waals surface area (Å²) in [4.78, 5) is 66.2. The van der Waals surface area contributed by atoms with Crippen molar-refractivity contribution in [3.8, 4) is 11.6 Å². The van der Waals surface area contributed by atoms with Crippen molar-refractivity contribution >= 4 is 41.1 Å². The second kappa shape index (κ2) is 37.4. The van der Waals surface area contributed by atoms with Crippen molar-refractivity contribution in [3.63, 3.8) is 0 Å². The molecular weight excluding hydrogens is 925 g/mol. The Balaban J connectivity index is -0.000000806. The number of ether oxygens (including phenoxy) is 2. The number of carbonyl (C=O) groups is 4. The molecule has 0 amide bonds. The van der Waals surface area contributed by atoms with Crippen molar-refractivity contribution in [3.05, 3.63) is 136 Å². The first-order valence-electron chi connectivity index (χ1n) is 20.6. The Morgan fingerprint density at radius 2 is 1.14 bits per heavy atom. The van der Waals surface area contributed by atoms with Crippen LogP contribution in [-0.4, -0.2) is 106 Å². The van der Waals surface area contributed by atoms with Gasteiger partial charge in [-0.05, 0) is 123 Å². The van der Waals surface area contributed by atoms with E-state index in [9.17, 15) is 19.2 Å². The fraction of sp³-hybridized carbons (Fsp3) is 0.333. The zero-order chi connectivity index (χ0) is 50.5. The number of aromatic nitrogens is 8. The number of nitrogen functional groups attached to an aromatic ring is 1. The summed E-state index contributed by atoms with van der Waals surface area (Å²) < 4.78 is 12.7. The van der Waals surface area contributed by atoms with Gasteiger partial charge in [0.1, 0.15) is 16.8 Å². The number of halogens is 1. The molecule has 0 radical (unpaired) electrons. The molecule has 1 unspecified atom stereocenters. The van der Waals surface area contributed by atoms with Crippen molar-refractivity contribution in [2.24, 2.45) is 23.4 Å². The predicted octanol–water partition coefficient (Wildman–Crippen LogP) is 1.48. The zero-order valence-electron chi connectivity index (χ0n) is 41.4. The van der Waals surface area contributed by atoms with Crippen molar-refractivity contribution in [1.82, 2.24) is 45.0 Å². The number of hydrogen-bond acceptors (Lipinski definition) is 19. The number of hydrogen-bond donors (Lipinski definition) is 6. The smallest absolute Gasteiger partial charge is 0.870 e. The SMILES string of the molecule is CCOC(=O)C(CNOC)CC(C)=O.CCOC(=O)c1cc(C)nn1-c1cccc(C)n1.Cc1cccc(-n2nc(C)cc2C(=O)O)n1.Cc1cccc(Cl)n1.Cc1cccc(NN)n1.NN.O.[Li+].[OH-]. The number of rotatable bonds is 13. The molecule has 378 valence electrons. The number of aryl methyl sites for hydroxylation is 6. The van der Waals surface area contributed by atoms with Gasteiger partial charge in [-0.1, -0.05) is 35.9 Å². The molecule has 0 bridgehead atoms. The van der Waals surface area contributed by atoms with Gasteiger partial charge >= 0.3 is 36.8 Å². The van der Waals surface area contributed by atoms with Crippen LogP contribution in [0.25, 0.3) is 11.6 Å². The third-order valence-electron chi connectivity index (χ3n) is 8.07. The van der Waals surface area contributed by atoms with Gasteiger partial charge in [-0.3, -0.25) is 16.5 Å². The normalized spacial score (nSPS) is 9.80. The molecule has 0 aliphatic carbocycles. The molecule has 12 N–H and O–H groups in total. The molecule has 0 spiro atoms. The van der Waals surface area contributed by atoms with E-state index in [4.69, 9.17) is 32.0 Å². The Morgan fingerprint density at radius 3 is 1.51 bits per heavy atom. The number of aromatic carboxylic acids is 1. The summed E-state index contributed by atoms with van der Waals surface area (Å²) in [5, 5.41) is 18.0. The summed E-state index contributed by atoms with van der Waals surface area (Å²) in [5.74, 6) is 12.7. The molecule has 6 rings (SSSR count). The van der Waals surface area contributed by atoms with Crippen molar-refractivity contribution in [1.29, 1.82) is 0 Å². The molecule has 6 heterocycles. The van der Waals surface area contributed by atoms with E-state index in [1.165, 1.54) is 29.5 Å². The molecule has 6 aromatic heterocycles. The second-order valence-corrected chi connectivity index (χ2v) is 14.2. The monoisotopic (exact) mass is 989 g/mol. The van der Waals surface area contributed by atoms with E-state index in [-0.39, 0.29) is 66.2 Å². The summed E-state index contributed by atoms with van der Waals surface area (Å²) >= 11 is 5.53. The largest absolute Gasteiger partial charge is 1.00 e. The van der Waals surface area contributed by atoms with Crippen molar-refractivity contribution in [2.45, 2.75) is 68.7 Å². The molecule has 25 heteroatoms. The number of hydroxylamine groups is 1. The van der Waals surface area contributed by atoms with Crippen LogP contribution in [-0.2, 0) is 23.9 Å². The molecule has 0 aliphatic rings. The second-order valence-electron chi connectivity index (χ2n) is 13.8. The number of carboxylic acid groups (broad SMARTS) is 1. The third-order valence-corrected chi connectivity index (χ3v) is 8.28. The Hall–Kier alpha value is -6.49. The average Bonchev–Trinajstić information content (AvgIpc) is 3.89. The van der Waals surface area contributed by atoms with Crippen molar-refractivity contribution < 1.29 is 68.4 Å². The topological polar surface area (TPSA) is 367 Å². The van der Waals surface area contributed by atoms with E-state index in [1.807, 2.05) is 95.3 Å². The minimum atomic E-state index is -1.01. The van der Waals surface area contributed by atoms with E-state index >= 15 is 0 Å². The van der Waals surface area contributed by atoms with E-state index in [0.29, 0.717) is 47.2 Å². The number of carbonyl (C=O) groups excluding carboxylic acids is 3. The quantitative estimate of drug-likeness (QED) is 0.0314. The summed E-state index contributed by atoms with van der Waals surface area (Å²) in [6, 6.07) is 25.4. The van der Waals surface area contributed by atoms with Gasteiger partial charge in [0, 0.05) is 35.7 Å². The van der Waals surface area contributed by atoms with Crippen LogP contribution >= 0.6 is 11.6 Å². The number of Topliss-reactive ketones (excluding diaryl/α,β-unsaturated/α-hetero) is 1. The number of ketones is 1. The van der Waals surface area contributed by atoms with Crippen LogP contribution in [0.2, 0.25) is 5.15 Å². The van der Waals surface area contributed by atoms with Crippen LogP contribution in [0, 0.1) is 47.5 Å². The predicted molar refractivity (Wildman–Crippen MR) is 260 cm³/mol. The van der Waals surface area contributed by atoms with Gasteiger partial charge in [-0.15, -0.1) is 0 Å². The van der Waals surface area contributed by atoms with Gasteiger partial charge in [0.25, 0.3) is 0 Å². The molecule has 0 saturated carbocycles. The Kier molecular flexibility index (Phi) is 36.2. The molecule has 0 aliphatic heterocycles. The molecule has 23 nitrogen and oxygen atoms in total. The molecule has 0 fully saturated rings. The van der Waals surface area contributed by atoms with Crippen LogP contribution < -0.4 is 47.3 Å². The van der Waals surface area contributed by atoms with Crippen LogP contribution in [0.15, 0.2) is 84.9 Å². The summed E-state index contributed by atoms with van der Waals surface area (Å²) in [7, 11) is 1.45. The Labute approximate surface area is 424 Å². The minimum absolute atomic E-state index is 0. The standard InChI is InChI=1S/C13H15N3O2.C11H11N3O2.C9H17NO4.C6H6ClN.C6H9N3.Li.H4N2.2H2O/c1-4-18-13(17)11-8-10(3)15-16(11)12-7-5-6-9(2)14-12;1-7-4-3-5-10(12-7)14-9(11(15)16)6-8(2)13-14;1-4-14-9(12)8(5-7(2)11)6-10-13-3;1-5-3-2-4-6(7)8-5;1-5-3-2-4-6(8-5)9-7;;1-2;;/h5-8H,4H2,1-3H3;3-6H,1-2H3,(H,15,16);8,10H,4-6H2,1-3H3;2-4H,1H3;2-4H,7H2,1H3,(H,8,9);;1-2H2;2*1H2/q;;;;;+1;;;/p-1. The van der Waals surface area contributed by atoms with Gasteiger partial charge < -0.3 is 40.6 Å². The molecule has 6 aromatic rings. The van der Waals surface area contributed by atoms with E-state index in [1.54, 1.807) is 39.0 Å². The van der Waals surface area contributed by atoms with Gasteiger partial charge in [0.15, 0.2) is 23.0 Å². The molecule has 0 saturated heterocycles. The molecule has 1 atom stereocenters. The summed E-state index contributed by atoms with van der Waals surface area (Å²) in [6.45, 7) is 17.0. The van der Waals surface area contributed by atoms with E-state index < -0.39 is 11.9 Å². The first kappa shape index (κ1) is 67.8. The van der Waals surface area contributed by atoms with Crippen LogP contribution in [0.3, 0.4) is 0 Å².